The van der Waals surface area contributed by atoms with Crippen LogP contribution in [0.1, 0.15) is 26.3 Å². The summed E-state index contributed by atoms with van der Waals surface area (Å²) in [6, 6.07) is 16.6. The lowest BCUT2D eigenvalue weighted by molar-refractivity contribution is 0.0734. The van der Waals surface area contributed by atoms with E-state index in [1.165, 1.54) is 34.5 Å². The molecule has 0 heterocycles. The second-order valence-corrected chi connectivity index (χ2v) is 6.79. The van der Waals surface area contributed by atoms with Gasteiger partial charge in [-0.25, -0.2) is 4.79 Å². The molecule has 0 N–H and O–H groups in total. The maximum Gasteiger partial charge on any atom is 0.343 e. The first-order valence-electron chi connectivity index (χ1n) is 9.97. The third-order valence-electron chi connectivity index (χ3n) is 4.81. The monoisotopic (exact) mass is 448 g/mol. The van der Waals surface area contributed by atoms with E-state index in [-0.39, 0.29) is 5.78 Å². The summed E-state index contributed by atoms with van der Waals surface area (Å²) >= 11 is 0. The first kappa shape index (κ1) is 23.4. The summed E-state index contributed by atoms with van der Waals surface area (Å²) < 4.78 is 26.3. The van der Waals surface area contributed by atoms with Crippen LogP contribution in [0.5, 0.6) is 28.7 Å². The zero-order valence-electron chi connectivity index (χ0n) is 18.8. The molecule has 3 aromatic rings. The SMILES string of the molecule is COc1ccc(OC)c(C(=O)/C=C/c2ccc(OC(=O)c3ccc(OC)c(OC)c3)cc2)c1. The number of hydrogen-bond donors (Lipinski definition) is 0. The fraction of sp³-hybridized carbons (Fsp3) is 0.154. The third-order valence-corrected chi connectivity index (χ3v) is 4.81. The van der Waals surface area contributed by atoms with Crippen molar-refractivity contribution in [1.29, 1.82) is 0 Å². The van der Waals surface area contributed by atoms with Crippen LogP contribution in [0.3, 0.4) is 0 Å². The summed E-state index contributed by atoms with van der Waals surface area (Å²) in [5, 5.41) is 0. The van der Waals surface area contributed by atoms with E-state index in [4.69, 9.17) is 23.7 Å². The highest BCUT2D eigenvalue weighted by molar-refractivity contribution is 6.08. The Hall–Kier alpha value is -4.26. The zero-order chi connectivity index (χ0) is 23.8. The van der Waals surface area contributed by atoms with E-state index in [2.05, 4.69) is 0 Å². The minimum Gasteiger partial charge on any atom is -0.497 e. The number of benzene rings is 3. The highest BCUT2D eigenvalue weighted by atomic mass is 16.5. The van der Waals surface area contributed by atoms with Crippen molar-refractivity contribution < 1.29 is 33.3 Å². The summed E-state index contributed by atoms with van der Waals surface area (Å²) in [5.74, 6) is 1.59. The van der Waals surface area contributed by atoms with Gasteiger partial charge in [-0.1, -0.05) is 18.2 Å². The number of esters is 1. The number of rotatable bonds is 9. The molecule has 0 fully saturated rings. The predicted octanol–water partition coefficient (Wildman–Crippen LogP) is 4.84. The van der Waals surface area contributed by atoms with Gasteiger partial charge < -0.3 is 23.7 Å². The van der Waals surface area contributed by atoms with Crippen LogP contribution in [0.15, 0.2) is 66.7 Å². The Morgan fingerprint density at radius 3 is 1.94 bits per heavy atom. The van der Waals surface area contributed by atoms with Gasteiger partial charge in [0, 0.05) is 0 Å². The summed E-state index contributed by atoms with van der Waals surface area (Å²) in [7, 11) is 6.05. The van der Waals surface area contributed by atoms with Gasteiger partial charge in [-0.15, -0.1) is 0 Å². The summed E-state index contributed by atoms with van der Waals surface area (Å²) in [6.07, 6.45) is 3.11. The average Bonchev–Trinajstić information content (AvgIpc) is 2.87. The van der Waals surface area contributed by atoms with Crippen molar-refractivity contribution in [3.05, 3.63) is 83.4 Å². The van der Waals surface area contributed by atoms with E-state index in [1.54, 1.807) is 66.7 Å². The summed E-state index contributed by atoms with van der Waals surface area (Å²) in [5.41, 5.74) is 1.49. The van der Waals surface area contributed by atoms with Crippen molar-refractivity contribution in [2.24, 2.45) is 0 Å². The number of allylic oxidation sites excluding steroid dienone is 1. The summed E-state index contributed by atoms with van der Waals surface area (Å²) in [4.78, 5) is 25.1. The molecule has 0 aliphatic carbocycles. The molecule has 3 rings (SSSR count). The number of carbonyl (C=O) groups excluding carboxylic acids is 2. The van der Waals surface area contributed by atoms with Crippen molar-refractivity contribution in [3.8, 4) is 28.7 Å². The highest BCUT2D eigenvalue weighted by Gasteiger charge is 2.13. The molecule has 0 unspecified atom stereocenters. The molecule has 0 saturated heterocycles. The molecule has 0 radical (unpaired) electrons. The second-order valence-electron chi connectivity index (χ2n) is 6.79. The summed E-state index contributed by atoms with van der Waals surface area (Å²) in [6.45, 7) is 0. The first-order valence-corrected chi connectivity index (χ1v) is 9.97. The normalized spacial score (nSPS) is 10.5. The maximum atomic E-state index is 12.6. The first-order chi connectivity index (χ1) is 16.0. The Kier molecular flexibility index (Phi) is 7.70. The molecule has 0 aromatic heterocycles. The van der Waals surface area contributed by atoms with Crippen LogP contribution in [0.25, 0.3) is 6.08 Å². The van der Waals surface area contributed by atoms with E-state index >= 15 is 0 Å². The molecule has 0 spiro atoms. The van der Waals surface area contributed by atoms with Crippen LogP contribution in [0.2, 0.25) is 0 Å². The van der Waals surface area contributed by atoms with Crippen LogP contribution in [-0.4, -0.2) is 40.2 Å². The zero-order valence-corrected chi connectivity index (χ0v) is 18.8. The van der Waals surface area contributed by atoms with Crippen LogP contribution >= 0.6 is 0 Å². The molecule has 0 saturated carbocycles. The average molecular weight is 448 g/mol. The lowest BCUT2D eigenvalue weighted by Gasteiger charge is -2.09. The Bertz CT molecular complexity index is 1160. The van der Waals surface area contributed by atoms with E-state index in [0.29, 0.717) is 39.9 Å². The highest BCUT2D eigenvalue weighted by Crippen LogP contribution is 2.28. The Morgan fingerprint density at radius 2 is 1.30 bits per heavy atom. The molecule has 0 aliphatic heterocycles. The Morgan fingerprint density at radius 1 is 0.667 bits per heavy atom. The van der Waals surface area contributed by atoms with Gasteiger partial charge in [-0.3, -0.25) is 4.79 Å². The van der Waals surface area contributed by atoms with Gasteiger partial charge in [0.2, 0.25) is 0 Å². The van der Waals surface area contributed by atoms with Gasteiger partial charge in [0.25, 0.3) is 0 Å². The second kappa shape index (κ2) is 10.9. The lowest BCUT2D eigenvalue weighted by Crippen LogP contribution is -2.08. The molecule has 3 aromatic carbocycles. The molecule has 0 amide bonds. The molecule has 7 nitrogen and oxygen atoms in total. The smallest absolute Gasteiger partial charge is 0.343 e. The number of methoxy groups -OCH3 is 4. The minimum absolute atomic E-state index is 0.227. The number of hydrogen-bond acceptors (Lipinski definition) is 7. The molecule has 0 aliphatic rings. The Labute approximate surface area is 192 Å². The fourth-order valence-corrected chi connectivity index (χ4v) is 3.04. The van der Waals surface area contributed by atoms with Crippen LogP contribution < -0.4 is 23.7 Å². The quantitative estimate of drug-likeness (QED) is 0.201. The number of ketones is 1. The van der Waals surface area contributed by atoms with Gasteiger partial charge in [0.15, 0.2) is 17.3 Å². The van der Waals surface area contributed by atoms with Crippen LogP contribution in [0, 0.1) is 0 Å². The van der Waals surface area contributed by atoms with Crippen molar-refractivity contribution >= 4 is 17.8 Å². The molecular weight excluding hydrogens is 424 g/mol. The van der Waals surface area contributed by atoms with Gasteiger partial charge in [0.1, 0.15) is 17.2 Å². The third kappa shape index (κ3) is 5.71. The molecule has 0 atom stereocenters. The standard InChI is InChI=1S/C26H24O7/c1-29-20-11-14-23(30-2)21(16-20)22(27)12-7-17-5-9-19(10-6-17)33-26(28)18-8-13-24(31-3)25(15-18)32-4/h5-16H,1-4H3/b12-7+. The molecule has 0 bridgehead atoms. The van der Waals surface area contributed by atoms with E-state index in [1.807, 2.05) is 0 Å². The topological polar surface area (TPSA) is 80.3 Å². The van der Waals surface area contributed by atoms with E-state index in [0.717, 1.165) is 5.56 Å². The van der Waals surface area contributed by atoms with Crippen LogP contribution in [-0.2, 0) is 0 Å². The van der Waals surface area contributed by atoms with Crippen molar-refractivity contribution in [3.63, 3.8) is 0 Å². The van der Waals surface area contributed by atoms with Crippen molar-refractivity contribution in [2.45, 2.75) is 0 Å². The van der Waals surface area contributed by atoms with Crippen molar-refractivity contribution in [2.75, 3.05) is 28.4 Å². The number of ether oxygens (including phenoxy) is 5. The van der Waals surface area contributed by atoms with Crippen LogP contribution in [0.4, 0.5) is 0 Å². The van der Waals surface area contributed by atoms with E-state index < -0.39 is 5.97 Å². The minimum atomic E-state index is -0.528. The molecule has 33 heavy (non-hydrogen) atoms. The van der Waals surface area contributed by atoms with Gasteiger partial charge >= 0.3 is 5.97 Å². The number of carbonyl (C=O) groups is 2. The predicted molar refractivity (Wildman–Crippen MR) is 124 cm³/mol. The molecule has 170 valence electrons. The lowest BCUT2D eigenvalue weighted by atomic mass is 10.1. The fourth-order valence-electron chi connectivity index (χ4n) is 3.04. The maximum absolute atomic E-state index is 12.6. The van der Waals surface area contributed by atoms with Gasteiger partial charge in [-0.05, 0) is 60.2 Å². The van der Waals surface area contributed by atoms with E-state index in [9.17, 15) is 9.59 Å². The Balaban J connectivity index is 1.69. The molecule has 7 heteroatoms. The van der Waals surface area contributed by atoms with Gasteiger partial charge in [-0.2, -0.15) is 0 Å². The molecular formula is C26H24O7. The van der Waals surface area contributed by atoms with Crippen molar-refractivity contribution in [1.82, 2.24) is 0 Å². The van der Waals surface area contributed by atoms with Gasteiger partial charge in [0.05, 0.1) is 39.6 Å². The largest absolute Gasteiger partial charge is 0.497 e.